The summed E-state index contributed by atoms with van der Waals surface area (Å²) in [5.41, 5.74) is -0.110. The minimum absolute atomic E-state index is 0.0248. The monoisotopic (exact) mass is 280 g/mol. The average molecular weight is 280 g/mol. The number of aliphatic hydroxyl groups excluding tert-OH is 1. The summed E-state index contributed by atoms with van der Waals surface area (Å²) in [7, 11) is 0. The van der Waals surface area contributed by atoms with Crippen molar-refractivity contribution in [2.75, 3.05) is 23.8 Å². The van der Waals surface area contributed by atoms with E-state index in [0.29, 0.717) is 0 Å². The van der Waals surface area contributed by atoms with Gasteiger partial charge in [-0.3, -0.25) is 0 Å². The second-order valence-electron chi connectivity index (χ2n) is 6.07. The molecule has 0 aliphatic carbocycles. The zero-order chi connectivity index (χ0) is 15.2. The van der Waals surface area contributed by atoms with Crippen molar-refractivity contribution in [1.82, 2.24) is 9.97 Å². The van der Waals surface area contributed by atoms with E-state index < -0.39 is 0 Å². The SMILES string of the molecule is CCCNc1cc(NC(CC)CO)nc(C(C)(C)C)n1. The molecule has 0 amide bonds. The van der Waals surface area contributed by atoms with Crippen molar-refractivity contribution < 1.29 is 5.11 Å². The summed E-state index contributed by atoms with van der Waals surface area (Å²) in [4.78, 5) is 9.15. The third-order valence-corrected chi connectivity index (χ3v) is 3.02. The number of nitrogens with zero attached hydrogens (tertiary/aromatic N) is 2. The highest BCUT2D eigenvalue weighted by Gasteiger charge is 2.19. The Bertz CT molecular complexity index is 411. The first-order valence-corrected chi connectivity index (χ1v) is 7.41. The van der Waals surface area contributed by atoms with Crippen LogP contribution in [0.1, 0.15) is 53.3 Å². The first-order valence-electron chi connectivity index (χ1n) is 7.41. The fraction of sp³-hybridized carbons (Fsp3) is 0.733. The van der Waals surface area contributed by atoms with Gasteiger partial charge in [-0.05, 0) is 12.8 Å². The summed E-state index contributed by atoms with van der Waals surface area (Å²) in [6.45, 7) is 11.4. The number of hydrogen-bond acceptors (Lipinski definition) is 5. The fourth-order valence-corrected chi connectivity index (χ4v) is 1.69. The van der Waals surface area contributed by atoms with Gasteiger partial charge in [-0.2, -0.15) is 0 Å². The Kier molecular flexibility index (Phi) is 6.20. The third kappa shape index (κ3) is 4.96. The van der Waals surface area contributed by atoms with Crippen LogP contribution in [0.3, 0.4) is 0 Å². The molecule has 0 aromatic carbocycles. The van der Waals surface area contributed by atoms with E-state index in [4.69, 9.17) is 0 Å². The number of anilines is 2. The number of rotatable bonds is 7. The van der Waals surface area contributed by atoms with Crippen molar-refractivity contribution in [3.8, 4) is 0 Å². The highest BCUT2D eigenvalue weighted by Crippen LogP contribution is 2.22. The Morgan fingerprint density at radius 2 is 1.85 bits per heavy atom. The maximum Gasteiger partial charge on any atom is 0.138 e. The maximum atomic E-state index is 9.31. The van der Waals surface area contributed by atoms with Gasteiger partial charge in [-0.25, -0.2) is 9.97 Å². The van der Waals surface area contributed by atoms with Gasteiger partial charge < -0.3 is 15.7 Å². The molecule has 0 aliphatic heterocycles. The molecule has 3 N–H and O–H groups in total. The molecule has 5 nitrogen and oxygen atoms in total. The highest BCUT2D eigenvalue weighted by atomic mass is 16.3. The summed E-state index contributed by atoms with van der Waals surface area (Å²) in [5, 5.41) is 15.9. The van der Waals surface area contributed by atoms with Crippen LogP contribution in [0.2, 0.25) is 0 Å². The quantitative estimate of drug-likeness (QED) is 0.716. The number of aliphatic hydroxyl groups is 1. The summed E-state index contributed by atoms with van der Waals surface area (Å²) >= 11 is 0. The van der Waals surface area contributed by atoms with Crippen molar-refractivity contribution in [2.24, 2.45) is 0 Å². The molecule has 1 rings (SSSR count). The topological polar surface area (TPSA) is 70.1 Å². The Morgan fingerprint density at radius 1 is 1.20 bits per heavy atom. The molecule has 0 saturated carbocycles. The van der Waals surface area contributed by atoms with E-state index in [2.05, 4.69) is 48.3 Å². The van der Waals surface area contributed by atoms with E-state index in [9.17, 15) is 5.11 Å². The second kappa shape index (κ2) is 7.43. The molecular weight excluding hydrogens is 252 g/mol. The molecule has 0 fully saturated rings. The van der Waals surface area contributed by atoms with E-state index in [-0.39, 0.29) is 18.1 Å². The van der Waals surface area contributed by atoms with Crippen molar-refractivity contribution in [3.05, 3.63) is 11.9 Å². The molecule has 0 bridgehead atoms. The van der Waals surface area contributed by atoms with Gasteiger partial charge in [0.25, 0.3) is 0 Å². The van der Waals surface area contributed by atoms with E-state index in [0.717, 1.165) is 36.8 Å². The standard InChI is InChI=1S/C15H28N4O/c1-6-8-16-12-9-13(17-11(7-2)10-20)19-14(18-12)15(3,4)5/h9,11,20H,6-8,10H2,1-5H3,(H2,16,17,18,19). The lowest BCUT2D eigenvalue weighted by molar-refractivity contribution is 0.271. The Labute approximate surface area is 122 Å². The zero-order valence-corrected chi connectivity index (χ0v) is 13.3. The molecule has 5 heteroatoms. The Balaban J connectivity index is 3.03. The molecule has 1 aromatic rings. The molecule has 0 spiro atoms. The van der Waals surface area contributed by atoms with Gasteiger partial charge in [0, 0.05) is 18.0 Å². The minimum atomic E-state index is -0.110. The predicted molar refractivity (Wildman–Crippen MR) is 84.3 cm³/mol. The summed E-state index contributed by atoms with van der Waals surface area (Å²) in [6, 6.07) is 1.93. The van der Waals surface area contributed by atoms with E-state index in [1.165, 1.54) is 0 Å². The van der Waals surface area contributed by atoms with Gasteiger partial charge in [0.2, 0.25) is 0 Å². The van der Waals surface area contributed by atoms with Crippen molar-refractivity contribution >= 4 is 11.6 Å². The lowest BCUT2D eigenvalue weighted by Crippen LogP contribution is -2.25. The number of nitrogens with one attached hydrogen (secondary N) is 2. The van der Waals surface area contributed by atoms with Crippen molar-refractivity contribution in [2.45, 2.75) is 58.9 Å². The van der Waals surface area contributed by atoms with Gasteiger partial charge in [-0.15, -0.1) is 0 Å². The van der Waals surface area contributed by atoms with Gasteiger partial charge in [0.1, 0.15) is 17.5 Å². The van der Waals surface area contributed by atoms with Crippen LogP contribution in [-0.4, -0.2) is 34.3 Å². The molecule has 0 radical (unpaired) electrons. The Hall–Kier alpha value is -1.36. The molecule has 1 unspecified atom stereocenters. The smallest absolute Gasteiger partial charge is 0.138 e. The van der Waals surface area contributed by atoms with E-state index >= 15 is 0 Å². The van der Waals surface area contributed by atoms with E-state index in [1.54, 1.807) is 0 Å². The third-order valence-electron chi connectivity index (χ3n) is 3.02. The maximum absolute atomic E-state index is 9.31. The second-order valence-corrected chi connectivity index (χ2v) is 6.07. The van der Waals surface area contributed by atoms with Crippen LogP contribution < -0.4 is 10.6 Å². The molecular formula is C15H28N4O. The lowest BCUT2D eigenvalue weighted by Gasteiger charge is -2.21. The van der Waals surface area contributed by atoms with E-state index in [1.807, 2.05) is 13.0 Å². The molecule has 1 aromatic heterocycles. The van der Waals surface area contributed by atoms with Gasteiger partial charge in [-0.1, -0.05) is 34.6 Å². The van der Waals surface area contributed by atoms with Crippen LogP contribution >= 0.6 is 0 Å². The largest absolute Gasteiger partial charge is 0.394 e. The van der Waals surface area contributed by atoms with Gasteiger partial charge in [0.15, 0.2) is 0 Å². The molecule has 1 atom stereocenters. The first kappa shape index (κ1) is 16.7. The van der Waals surface area contributed by atoms with Crippen LogP contribution in [0.15, 0.2) is 6.07 Å². The van der Waals surface area contributed by atoms with Crippen LogP contribution in [0.4, 0.5) is 11.6 Å². The number of hydrogen-bond donors (Lipinski definition) is 3. The molecule has 20 heavy (non-hydrogen) atoms. The minimum Gasteiger partial charge on any atom is -0.394 e. The Morgan fingerprint density at radius 3 is 2.35 bits per heavy atom. The fourth-order valence-electron chi connectivity index (χ4n) is 1.69. The van der Waals surface area contributed by atoms with Gasteiger partial charge in [0.05, 0.1) is 12.6 Å². The van der Waals surface area contributed by atoms with Gasteiger partial charge >= 0.3 is 0 Å². The van der Waals surface area contributed by atoms with Crippen LogP contribution in [-0.2, 0) is 5.41 Å². The van der Waals surface area contributed by atoms with Crippen molar-refractivity contribution in [1.29, 1.82) is 0 Å². The summed E-state index contributed by atoms with van der Waals surface area (Å²) < 4.78 is 0. The molecule has 1 heterocycles. The summed E-state index contributed by atoms with van der Waals surface area (Å²) in [6.07, 6.45) is 1.90. The predicted octanol–water partition coefficient (Wildman–Crippen LogP) is 2.78. The zero-order valence-electron chi connectivity index (χ0n) is 13.3. The molecule has 0 aliphatic rings. The normalized spacial score (nSPS) is 13.1. The summed E-state index contributed by atoms with van der Waals surface area (Å²) in [5.74, 6) is 2.40. The van der Waals surface area contributed by atoms with Crippen LogP contribution in [0, 0.1) is 0 Å². The van der Waals surface area contributed by atoms with Crippen LogP contribution in [0.5, 0.6) is 0 Å². The van der Waals surface area contributed by atoms with Crippen LogP contribution in [0.25, 0.3) is 0 Å². The molecule has 114 valence electrons. The van der Waals surface area contributed by atoms with Crippen molar-refractivity contribution in [3.63, 3.8) is 0 Å². The average Bonchev–Trinajstić information content (AvgIpc) is 2.41. The molecule has 0 saturated heterocycles. The highest BCUT2D eigenvalue weighted by molar-refractivity contribution is 5.48. The lowest BCUT2D eigenvalue weighted by atomic mass is 9.96. The first-order chi connectivity index (χ1) is 9.40. The number of aromatic nitrogens is 2.